The molecule has 3 heteroatoms. The standard InChI is InChI=1S/C12H20O3/c1-12(2)6-4-10(13)9(8-12)11(14)5-7-15-3/h9H,4-8H2,1-3H3. The highest BCUT2D eigenvalue weighted by Crippen LogP contribution is 2.37. The summed E-state index contributed by atoms with van der Waals surface area (Å²) >= 11 is 0. The minimum atomic E-state index is -0.371. The predicted octanol–water partition coefficient (Wildman–Crippen LogP) is 1.99. The average molecular weight is 212 g/mol. The van der Waals surface area contributed by atoms with Gasteiger partial charge in [0.1, 0.15) is 11.6 Å². The maximum atomic E-state index is 11.8. The van der Waals surface area contributed by atoms with Gasteiger partial charge in [-0.25, -0.2) is 0 Å². The van der Waals surface area contributed by atoms with Gasteiger partial charge in [-0.3, -0.25) is 9.59 Å². The summed E-state index contributed by atoms with van der Waals surface area (Å²) in [5.41, 5.74) is 0.126. The van der Waals surface area contributed by atoms with Crippen LogP contribution in [-0.4, -0.2) is 25.3 Å². The Hall–Kier alpha value is -0.700. The van der Waals surface area contributed by atoms with E-state index in [1.807, 2.05) is 0 Å². The van der Waals surface area contributed by atoms with Gasteiger partial charge in [-0.05, 0) is 18.3 Å². The van der Waals surface area contributed by atoms with Crippen LogP contribution in [0.1, 0.15) is 39.5 Å². The van der Waals surface area contributed by atoms with Crippen LogP contribution in [0.25, 0.3) is 0 Å². The molecular weight excluding hydrogens is 192 g/mol. The van der Waals surface area contributed by atoms with Gasteiger partial charge in [0.05, 0.1) is 12.5 Å². The van der Waals surface area contributed by atoms with Crippen molar-refractivity contribution < 1.29 is 14.3 Å². The van der Waals surface area contributed by atoms with Gasteiger partial charge in [0.25, 0.3) is 0 Å². The van der Waals surface area contributed by atoms with Crippen LogP contribution in [0.4, 0.5) is 0 Å². The molecule has 0 aliphatic heterocycles. The third-order valence-corrected chi connectivity index (χ3v) is 3.13. The topological polar surface area (TPSA) is 43.4 Å². The number of hydrogen-bond donors (Lipinski definition) is 0. The summed E-state index contributed by atoms with van der Waals surface area (Å²) in [6, 6.07) is 0. The lowest BCUT2D eigenvalue weighted by Gasteiger charge is -2.33. The van der Waals surface area contributed by atoms with Crippen LogP contribution >= 0.6 is 0 Å². The molecule has 0 aromatic carbocycles. The number of rotatable bonds is 4. The Bertz CT molecular complexity index is 256. The van der Waals surface area contributed by atoms with Crippen molar-refractivity contribution in [1.82, 2.24) is 0 Å². The molecular formula is C12H20O3. The molecule has 1 fully saturated rings. The van der Waals surface area contributed by atoms with Gasteiger partial charge in [0.2, 0.25) is 0 Å². The Morgan fingerprint density at radius 2 is 2.20 bits per heavy atom. The van der Waals surface area contributed by atoms with Crippen molar-refractivity contribution in [3.8, 4) is 0 Å². The molecule has 1 rings (SSSR count). The van der Waals surface area contributed by atoms with Crippen LogP contribution in [0.2, 0.25) is 0 Å². The maximum absolute atomic E-state index is 11.8. The summed E-state index contributed by atoms with van der Waals surface area (Å²) < 4.78 is 4.86. The first-order chi connectivity index (χ1) is 6.96. The Balaban J connectivity index is 2.58. The molecule has 1 atom stereocenters. The van der Waals surface area contributed by atoms with E-state index >= 15 is 0 Å². The molecule has 0 heterocycles. The molecule has 0 amide bonds. The average Bonchev–Trinajstić information content (AvgIpc) is 2.18. The summed E-state index contributed by atoms with van der Waals surface area (Å²) in [6.45, 7) is 4.66. The smallest absolute Gasteiger partial charge is 0.145 e. The van der Waals surface area contributed by atoms with Gasteiger partial charge >= 0.3 is 0 Å². The van der Waals surface area contributed by atoms with E-state index in [1.54, 1.807) is 7.11 Å². The second-order valence-corrected chi connectivity index (χ2v) is 5.10. The van der Waals surface area contributed by atoms with Crippen molar-refractivity contribution in [1.29, 1.82) is 0 Å². The molecule has 0 aromatic heterocycles. The van der Waals surface area contributed by atoms with Crippen molar-refractivity contribution in [2.45, 2.75) is 39.5 Å². The molecule has 86 valence electrons. The van der Waals surface area contributed by atoms with Gasteiger partial charge < -0.3 is 4.74 Å². The molecule has 3 nitrogen and oxygen atoms in total. The van der Waals surface area contributed by atoms with Crippen LogP contribution in [-0.2, 0) is 14.3 Å². The molecule has 1 aliphatic rings. The van der Waals surface area contributed by atoms with E-state index in [-0.39, 0.29) is 22.9 Å². The van der Waals surface area contributed by atoms with E-state index in [2.05, 4.69) is 13.8 Å². The molecule has 0 N–H and O–H groups in total. The molecule has 15 heavy (non-hydrogen) atoms. The number of carbonyl (C=O) groups is 2. The SMILES string of the molecule is COCCC(=O)C1CC(C)(C)CCC1=O. The zero-order chi connectivity index (χ0) is 11.5. The van der Waals surface area contributed by atoms with Crippen LogP contribution in [0.5, 0.6) is 0 Å². The number of ether oxygens (including phenoxy) is 1. The third kappa shape index (κ3) is 3.42. The molecule has 0 saturated heterocycles. The highest BCUT2D eigenvalue weighted by Gasteiger charge is 2.37. The summed E-state index contributed by atoms with van der Waals surface area (Å²) in [5.74, 6) is -0.200. The van der Waals surface area contributed by atoms with E-state index in [9.17, 15) is 9.59 Å². The van der Waals surface area contributed by atoms with Crippen molar-refractivity contribution in [3.05, 3.63) is 0 Å². The van der Waals surface area contributed by atoms with Gasteiger partial charge in [-0.1, -0.05) is 13.8 Å². The fourth-order valence-corrected chi connectivity index (χ4v) is 2.07. The quantitative estimate of drug-likeness (QED) is 0.669. The van der Waals surface area contributed by atoms with Gasteiger partial charge in [-0.2, -0.15) is 0 Å². The zero-order valence-electron chi connectivity index (χ0n) is 9.84. The molecule has 1 aliphatic carbocycles. The molecule has 1 unspecified atom stereocenters. The molecule has 0 bridgehead atoms. The summed E-state index contributed by atoms with van der Waals surface area (Å²) in [7, 11) is 1.57. The first kappa shape index (κ1) is 12.4. The number of methoxy groups -OCH3 is 1. The minimum absolute atomic E-state index is 0.0506. The van der Waals surface area contributed by atoms with Crippen molar-refractivity contribution in [3.63, 3.8) is 0 Å². The number of hydrogen-bond acceptors (Lipinski definition) is 3. The van der Waals surface area contributed by atoms with E-state index in [1.165, 1.54) is 0 Å². The highest BCUT2D eigenvalue weighted by atomic mass is 16.5. The van der Waals surface area contributed by atoms with Gasteiger partial charge in [0, 0.05) is 20.0 Å². The monoisotopic (exact) mass is 212 g/mol. The predicted molar refractivity (Wildman–Crippen MR) is 57.6 cm³/mol. The van der Waals surface area contributed by atoms with E-state index in [0.717, 1.165) is 6.42 Å². The van der Waals surface area contributed by atoms with Gasteiger partial charge in [0.15, 0.2) is 0 Å². The molecule has 0 aromatic rings. The molecule has 1 saturated carbocycles. The molecule has 0 spiro atoms. The Morgan fingerprint density at radius 3 is 2.80 bits per heavy atom. The van der Waals surface area contributed by atoms with E-state index in [0.29, 0.717) is 25.9 Å². The van der Waals surface area contributed by atoms with Crippen LogP contribution in [0.3, 0.4) is 0 Å². The second-order valence-electron chi connectivity index (χ2n) is 5.10. The summed E-state index contributed by atoms with van der Waals surface area (Å²) in [4.78, 5) is 23.4. The lowest BCUT2D eigenvalue weighted by Crippen LogP contribution is -2.35. The van der Waals surface area contributed by atoms with Crippen molar-refractivity contribution in [2.75, 3.05) is 13.7 Å². The normalized spacial score (nSPS) is 25.3. The number of ketones is 2. The lowest BCUT2D eigenvalue weighted by atomic mass is 9.70. The van der Waals surface area contributed by atoms with Crippen LogP contribution < -0.4 is 0 Å². The van der Waals surface area contributed by atoms with Gasteiger partial charge in [-0.15, -0.1) is 0 Å². The largest absolute Gasteiger partial charge is 0.384 e. The second kappa shape index (κ2) is 4.88. The number of carbonyl (C=O) groups excluding carboxylic acids is 2. The maximum Gasteiger partial charge on any atom is 0.145 e. The fraction of sp³-hybridized carbons (Fsp3) is 0.833. The molecule has 0 radical (unpaired) electrons. The minimum Gasteiger partial charge on any atom is -0.384 e. The van der Waals surface area contributed by atoms with Crippen molar-refractivity contribution in [2.24, 2.45) is 11.3 Å². The van der Waals surface area contributed by atoms with Crippen LogP contribution in [0, 0.1) is 11.3 Å². The summed E-state index contributed by atoms with van der Waals surface area (Å²) in [5, 5.41) is 0. The Morgan fingerprint density at radius 1 is 1.53 bits per heavy atom. The first-order valence-electron chi connectivity index (χ1n) is 5.50. The van der Waals surface area contributed by atoms with E-state index in [4.69, 9.17) is 4.74 Å². The number of Topliss-reactive ketones (excluding diaryl/α,β-unsaturated/α-hetero) is 2. The fourth-order valence-electron chi connectivity index (χ4n) is 2.07. The third-order valence-electron chi connectivity index (χ3n) is 3.13. The van der Waals surface area contributed by atoms with Crippen molar-refractivity contribution >= 4 is 11.6 Å². The lowest BCUT2D eigenvalue weighted by molar-refractivity contribution is -0.137. The summed E-state index contributed by atoms with van der Waals surface area (Å²) in [6.07, 6.45) is 2.52. The highest BCUT2D eigenvalue weighted by molar-refractivity contribution is 6.02. The first-order valence-corrected chi connectivity index (χ1v) is 5.50. The zero-order valence-corrected chi connectivity index (χ0v) is 9.84. The Kier molecular flexibility index (Phi) is 4.03. The van der Waals surface area contributed by atoms with Crippen LogP contribution in [0.15, 0.2) is 0 Å². The Labute approximate surface area is 91.2 Å². The van der Waals surface area contributed by atoms with E-state index < -0.39 is 0 Å².